The SMILES string of the molecule is Cc1cnc(C)c(OCC2CNCCO2)n1. The first kappa shape index (κ1) is 11.3. The fourth-order valence-corrected chi connectivity index (χ4v) is 1.55. The van der Waals surface area contributed by atoms with Gasteiger partial charge in [0.05, 0.1) is 18.0 Å². The molecule has 1 fully saturated rings. The third-order valence-corrected chi connectivity index (χ3v) is 2.44. The zero-order valence-corrected chi connectivity index (χ0v) is 9.69. The zero-order chi connectivity index (χ0) is 11.4. The molecule has 0 spiro atoms. The quantitative estimate of drug-likeness (QED) is 0.806. The third kappa shape index (κ3) is 2.90. The van der Waals surface area contributed by atoms with E-state index in [0.29, 0.717) is 12.5 Å². The molecular formula is C11H17N3O2. The summed E-state index contributed by atoms with van der Waals surface area (Å²) in [6.07, 6.45) is 1.84. The summed E-state index contributed by atoms with van der Waals surface area (Å²) in [5.41, 5.74) is 1.68. The Morgan fingerprint density at radius 2 is 2.44 bits per heavy atom. The van der Waals surface area contributed by atoms with Crippen molar-refractivity contribution in [3.8, 4) is 5.88 Å². The van der Waals surface area contributed by atoms with Crippen LogP contribution in [0.25, 0.3) is 0 Å². The number of hydrogen-bond donors (Lipinski definition) is 1. The van der Waals surface area contributed by atoms with Crippen molar-refractivity contribution in [3.63, 3.8) is 0 Å². The maximum absolute atomic E-state index is 5.62. The standard InChI is InChI=1S/C11H17N3O2/c1-8-5-13-9(2)11(14-8)16-7-10-6-12-3-4-15-10/h5,10,12H,3-4,6-7H2,1-2H3. The summed E-state index contributed by atoms with van der Waals surface area (Å²) in [4.78, 5) is 8.49. The summed E-state index contributed by atoms with van der Waals surface area (Å²) in [6.45, 7) is 6.80. The van der Waals surface area contributed by atoms with Crippen LogP contribution >= 0.6 is 0 Å². The lowest BCUT2D eigenvalue weighted by atomic mass is 10.3. The minimum absolute atomic E-state index is 0.107. The van der Waals surface area contributed by atoms with Crippen molar-refractivity contribution in [2.75, 3.05) is 26.3 Å². The number of rotatable bonds is 3. The van der Waals surface area contributed by atoms with E-state index in [0.717, 1.165) is 31.1 Å². The summed E-state index contributed by atoms with van der Waals surface area (Å²) in [5.74, 6) is 0.606. The van der Waals surface area contributed by atoms with E-state index in [9.17, 15) is 0 Å². The van der Waals surface area contributed by atoms with Crippen LogP contribution in [0.15, 0.2) is 6.20 Å². The Balaban J connectivity index is 1.90. The van der Waals surface area contributed by atoms with Gasteiger partial charge in [-0.15, -0.1) is 0 Å². The fourth-order valence-electron chi connectivity index (χ4n) is 1.55. The van der Waals surface area contributed by atoms with Gasteiger partial charge in [0.25, 0.3) is 0 Å². The maximum Gasteiger partial charge on any atom is 0.235 e. The monoisotopic (exact) mass is 223 g/mol. The lowest BCUT2D eigenvalue weighted by Crippen LogP contribution is -2.41. The minimum Gasteiger partial charge on any atom is -0.474 e. The minimum atomic E-state index is 0.107. The summed E-state index contributed by atoms with van der Waals surface area (Å²) < 4.78 is 11.2. The highest BCUT2D eigenvalue weighted by molar-refractivity contribution is 5.17. The summed E-state index contributed by atoms with van der Waals surface area (Å²) in [5, 5.41) is 3.26. The van der Waals surface area contributed by atoms with Gasteiger partial charge in [-0.05, 0) is 13.8 Å². The molecule has 1 atom stereocenters. The Kier molecular flexibility index (Phi) is 3.69. The molecule has 0 aliphatic carbocycles. The van der Waals surface area contributed by atoms with Crippen molar-refractivity contribution in [1.82, 2.24) is 15.3 Å². The van der Waals surface area contributed by atoms with E-state index in [-0.39, 0.29) is 6.10 Å². The first-order chi connectivity index (χ1) is 7.75. The molecule has 1 saturated heterocycles. The third-order valence-electron chi connectivity index (χ3n) is 2.44. The second kappa shape index (κ2) is 5.23. The van der Waals surface area contributed by atoms with Crippen LogP contribution in [0.5, 0.6) is 5.88 Å². The van der Waals surface area contributed by atoms with Gasteiger partial charge < -0.3 is 14.8 Å². The van der Waals surface area contributed by atoms with Crippen LogP contribution in [0.4, 0.5) is 0 Å². The Labute approximate surface area is 95.2 Å². The van der Waals surface area contributed by atoms with Crippen molar-refractivity contribution in [3.05, 3.63) is 17.6 Å². The molecule has 1 aromatic rings. The Hall–Kier alpha value is -1.20. The van der Waals surface area contributed by atoms with Crippen molar-refractivity contribution in [2.45, 2.75) is 20.0 Å². The average molecular weight is 223 g/mol. The molecule has 88 valence electrons. The van der Waals surface area contributed by atoms with Gasteiger partial charge >= 0.3 is 0 Å². The van der Waals surface area contributed by atoms with Crippen molar-refractivity contribution in [2.24, 2.45) is 0 Å². The number of hydrogen-bond acceptors (Lipinski definition) is 5. The van der Waals surface area contributed by atoms with Crippen LogP contribution in [0.1, 0.15) is 11.4 Å². The smallest absolute Gasteiger partial charge is 0.235 e. The molecule has 0 aromatic carbocycles. The number of morpholine rings is 1. The molecule has 0 saturated carbocycles. The van der Waals surface area contributed by atoms with Gasteiger partial charge in [0.15, 0.2) is 0 Å². The number of nitrogens with zero attached hydrogens (tertiary/aromatic N) is 2. The van der Waals surface area contributed by atoms with E-state index < -0.39 is 0 Å². The fraction of sp³-hybridized carbons (Fsp3) is 0.636. The van der Waals surface area contributed by atoms with Gasteiger partial charge in [0.2, 0.25) is 5.88 Å². The van der Waals surface area contributed by atoms with Crippen LogP contribution in [-0.4, -0.2) is 42.4 Å². The van der Waals surface area contributed by atoms with E-state index >= 15 is 0 Å². The second-order valence-corrected chi connectivity index (χ2v) is 3.91. The molecule has 5 heteroatoms. The van der Waals surface area contributed by atoms with Gasteiger partial charge in [-0.25, -0.2) is 4.98 Å². The van der Waals surface area contributed by atoms with Gasteiger partial charge in [-0.3, -0.25) is 4.98 Å². The van der Waals surface area contributed by atoms with E-state index in [1.807, 2.05) is 13.8 Å². The Bertz CT molecular complexity index is 351. The van der Waals surface area contributed by atoms with Crippen LogP contribution in [0, 0.1) is 13.8 Å². The summed E-state index contributed by atoms with van der Waals surface area (Å²) in [7, 11) is 0. The Morgan fingerprint density at radius 3 is 3.19 bits per heavy atom. The van der Waals surface area contributed by atoms with Crippen molar-refractivity contribution in [1.29, 1.82) is 0 Å². The predicted molar refractivity (Wildman–Crippen MR) is 59.6 cm³/mol. The number of aromatic nitrogens is 2. The van der Waals surface area contributed by atoms with Crippen molar-refractivity contribution < 1.29 is 9.47 Å². The van der Waals surface area contributed by atoms with Gasteiger partial charge in [0, 0.05) is 19.3 Å². The normalized spacial score (nSPS) is 20.8. The summed E-state index contributed by atoms with van der Waals surface area (Å²) in [6, 6.07) is 0. The van der Waals surface area contributed by atoms with Crippen LogP contribution in [0.3, 0.4) is 0 Å². The van der Waals surface area contributed by atoms with Crippen molar-refractivity contribution >= 4 is 0 Å². The van der Waals surface area contributed by atoms with Crippen LogP contribution in [0.2, 0.25) is 0 Å². The molecule has 1 aliphatic heterocycles. The second-order valence-electron chi connectivity index (χ2n) is 3.91. The molecular weight excluding hydrogens is 206 g/mol. The molecule has 0 bridgehead atoms. The van der Waals surface area contributed by atoms with E-state index in [4.69, 9.17) is 9.47 Å². The number of ether oxygens (including phenoxy) is 2. The highest BCUT2D eigenvalue weighted by Crippen LogP contribution is 2.12. The molecule has 16 heavy (non-hydrogen) atoms. The average Bonchev–Trinajstić information content (AvgIpc) is 2.32. The van der Waals surface area contributed by atoms with Gasteiger partial charge in [0.1, 0.15) is 12.7 Å². The molecule has 0 radical (unpaired) electrons. The van der Waals surface area contributed by atoms with E-state index in [2.05, 4.69) is 15.3 Å². The molecule has 1 N–H and O–H groups in total. The first-order valence-corrected chi connectivity index (χ1v) is 5.51. The van der Waals surface area contributed by atoms with E-state index in [1.165, 1.54) is 0 Å². The highest BCUT2D eigenvalue weighted by Gasteiger charge is 2.15. The lowest BCUT2D eigenvalue weighted by Gasteiger charge is -2.23. The molecule has 1 aliphatic rings. The summed E-state index contributed by atoms with van der Waals surface area (Å²) >= 11 is 0. The topological polar surface area (TPSA) is 56.3 Å². The van der Waals surface area contributed by atoms with Gasteiger partial charge in [-0.2, -0.15) is 0 Å². The van der Waals surface area contributed by atoms with Crippen LogP contribution < -0.4 is 10.1 Å². The van der Waals surface area contributed by atoms with Gasteiger partial charge in [-0.1, -0.05) is 0 Å². The molecule has 0 amide bonds. The molecule has 1 unspecified atom stereocenters. The maximum atomic E-state index is 5.62. The predicted octanol–water partition coefficient (Wildman–Crippen LogP) is 0.461. The molecule has 1 aromatic heterocycles. The molecule has 5 nitrogen and oxygen atoms in total. The van der Waals surface area contributed by atoms with Crippen LogP contribution in [-0.2, 0) is 4.74 Å². The Morgan fingerprint density at radius 1 is 1.56 bits per heavy atom. The molecule has 2 rings (SSSR count). The number of nitrogens with one attached hydrogen (secondary N) is 1. The van der Waals surface area contributed by atoms with E-state index in [1.54, 1.807) is 6.20 Å². The first-order valence-electron chi connectivity index (χ1n) is 5.51. The zero-order valence-electron chi connectivity index (χ0n) is 9.69. The lowest BCUT2D eigenvalue weighted by molar-refractivity contribution is -0.00101. The largest absolute Gasteiger partial charge is 0.474 e. The number of aryl methyl sites for hydroxylation is 2. The molecule has 2 heterocycles. The highest BCUT2D eigenvalue weighted by atomic mass is 16.5.